The Morgan fingerprint density at radius 3 is 2.37 bits per heavy atom. The fourth-order valence-corrected chi connectivity index (χ4v) is 5.18. The van der Waals surface area contributed by atoms with E-state index in [1.54, 1.807) is 18.0 Å². The summed E-state index contributed by atoms with van der Waals surface area (Å²) in [4.78, 5) is 38.8. The number of aromatic nitrogens is 1. The number of pyridine rings is 1. The van der Waals surface area contributed by atoms with Gasteiger partial charge in [-0.25, -0.2) is 4.98 Å². The first kappa shape index (κ1) is 21.6. The van der Waals surface area contributed by atoms with Crippen molar-refractivity contribution < 1.29 is 9.59 Å². The lowest BCUT2D eigenvalue weighted by molar-refractivity contribution is -0.135. The second-order valence-electron chi connectivity index (χ2n) is 8.36. The van der Waals surface area contributed by atoms with E-state index in [9.17, 15) is 9.59 Å². The first-order valence-corrected chi connectivity index (χ1v) is 12.3. The van der Waals surface area contributed by atoms with E-state index in [0.717, 1.165) is 56.1 Å². The average Bonchev–Trinajstić information content (AvgIpc) is 2.74. The largest absolute Gasteiger partial charge is 0.339 e. The van der Waals surface area contributed by atoms with Crippen molar-refractivity contribution in [1.29, 1.82) is 0 Å². The van der Waals surface area contributed by atoms with Crippen LogP contribution < -0.4 is 0 Å². The van der Waals surface area contributed by atoms with Crippen LogP contribution in [0.2, 0.25) is 0 Å². The molecule has 7 nitrogen and oxygen atoms in total. The van der Waals surface area contributed by atoms with Crippen LogP contribution in [0.25, 0.3) is 0 Å². The number of carbonyl (C=O) groups is 2. The van der Waals surface area contributed by atoms with E-state index in [0.29, 0.717) is 25.2 Å². The topological polar surface area (TPSA) is 60.0 Å². The van der Waals surface area contributed by atoms with Gasteiger partial charge in [0.1, 0.15) is 5.03 Å². The van der Waals surface area contributed by atoms with Gasteiger partial charge in [-0.1, -0.05) is 13.3 Å². The molecule has 1 aliphatic carbocycles. The molecule has 0 unspecified atom stereocenters. The molecule has 1 aromatic heterocycles. The molecular formula is C22H33N5O2S. The van der Waals surface area contributed by atoms with Gasteiger partial charge in [-0.15, -0.1) is 11.8 Å². The summed E-state index contributed by atoms with van der Waals surface area (Å²) >= 11 is 1.60. The number of thioether (sulfide) groups is 1. The van der Waals surface area contributed by atoms with Crippen LogP contribution >= 0.6 is 11.8 Å². The van der Waals surface area contributed by atoms with Crippen molar-refractivity contribution in [2.75, 3.05) is 64.7 Å². The summed E-state index contributed by atoms with van der Waals surface area (Å²) < 4.78 is 0. The van der Waals surface area contributed by atoms with Crippen LogP contribution in [0.15, 0.2) is 23.4 Å². The second-order valence-corrected chi connectivity index (χ2v) is 9.61. The molecule has 0 atom stereocenters. The van der Waals surface area contributed by atoms with E-state index in [1.807, 2.05) is 21.9 Å². The molecule has 1 saturated carbocycles. The smallest absolute Gasteiger partial charge is 0.256 e. The lowest BCUT2D eigenvalue weighted by Gasteiger charge is -2.43. The van der Waals surface area contributed by atoms with Gasteiger partial charge in [0.2, 0.25) is 5.91 Å². The Labute approximate surface area is 183 Å². The number of carbonyl (C=O) groups excluding carboxylic acids is 2. The third-order valence-electron chi connectivity index (χ3n) is 6.56. The zero-order valence-electron chi connectivity index (χ0n) is 18.0. The van der Waals surface area contributed by atoms with Crippen molar-refractivity contribution in [2.45, 2.75) is 37.3 Å². The zero-order chi connectivity index (χ0) is 20.9. The third-order valence-corrected chi connectivity index (χ3v) is 7.45. The maximum absolute atomic E-state index is 13.0. The van der Waals surface area contributed by atoms with E-state index in [4.69, 9.17) is 0 Å². The van der Waals surface area contributed by atoms with Crippen molar-refractivity contribution in [2.24, 2.45) is 0 Å². The van der Waals surface area contributed by atoms with Crippen molar-refractivity contribution in [3.63, 3.8) is 0 Å². The molecule has 3 aliphatic rings. The van der Waals surface area contributed by atoms with Crippen LogP contribution in [-0.2, 0) is 4.79 Å². The monoisotopic (exact) mass is 431 g/mol. The van der Waals surface area contributed by atoms with Crippen LogP contribution in [0.4, 0.5) is 0 Å². The minimum atomic E-state index is 0.0529. The van der Waals surface area contributed by atoms with E-state index in [-0.39, 0.29) is 11.8 Å². The fourth-order valence-electron chi connectivity index (χ4n) is 4.46. The average molecular weight is 432 g/mol. The first-order chi connectivity index (χ1) is 14.7. The number of hydrogen-bond donors (Lipinski definition) is 0. The Kier molecular flexibility index (Phi) is 7.28. The van der Waals surface area contributed by atoms with Gasteiger partial charge in [0.15, 0.2) is 0 Å². The molecule has 0 bridgehead atoms. The van der Waals surface area contributed by atoms with E-state index in [2.05, 4.69) is 21.7 Å². The van der Waals surface area contributed by atoms with Crippen molar-refractivity contribution >= 4 is 23.6 Å². The predicted octanol–water partition coefficient (Wildman–Crippen LogP) is 1.65. The molecule has 3 fully saturated rings. The minimum Gasteiger partial charge on any atom is -0.339 e. The maximum atomic E-state index is 13.0. The number of hydrogen-bond acceptors (Lipinski definition) is 6. The van der Waals surface area contributed by atoms with Gasteiger partial charge >= 0.3 is 0 Å². The van der Waals surface area contributed by atoms with Gasteiger partial charge in [-0.05, 0) is 30.7 Å². The van der Waals surface area contributed by atoms with Crippen molar-refractivity contribution in [3.8, 4) is 0 Å². The Morgan fingerprint density at radius 2 is 1.73 bits per heavy atom. The molecule has 8 heteroatoms. The first-order valence-electron chi connectivity index (χ1n) is 11.3. The lowest BCUT2D eigenvalue weighted by Crippen LogP contribution is -2.56. The summed E-state index contributed by atoms with van der Waals surface area (Å²) in [6, 6.07) is 4.46. The molecule has 3 heterocycles. The summed E-state index contributed by atoms with van der Waals surface area (Å²) in [5, 5.41) is 0.809. The van der Waals surface area contributed by atoms with Gasteiger partial charge < -0.3 is 9.80 Å². The molecule has 1 aromatic rings. The molecule has 0 spiro atoms. The molecule has 4 rings (SSSR count). The Hall–Kier alpha value is -1.64. The van der Waals surface area contributed by atoms with Crippen LogP contribution in [-0.4, -0.2) is 107 Å². The van der Waals surface area contributed by atoms with Crippen LogP contribution in [0.1, 0.15) is 36.5 Å². The highest BCUT2D eigenvalue weighted by molar-refractivity contribution is 7.99. The Bertz CT molecular complexity index is 741. The summed E-state index contributed by atoms with van der Waals surface area (Å²) in [6.45, 7) is 9.08. The third kappa shape index (κ3) is 4.98. The van der Waals surface area contributed by atoms with Crippen LogP contribution in [0, 0.1) is 0 Å². The second kappa shape index (κ2) is 10.1. The summed E-state index contributed by atoms with van der Waals surface area (Å²) in [7, 11) is 0. The van der Waals surface area contributed by atoms with Gasteiger partial charge in [-0.2, -0.15) is 0 Å². The zero-order valence-corrected chi connectivity index (χ0v) is 18.8. The number of amides is 2. The highest BCUT2D eigenvalue weighted by Gasteiger charge is 2.30. The molecular weight excluding hydrogens is 398 g/mol. The molecule has 30 heavy (non-hydrogen) atoms. The van der Waals surface area contributed by atoms with Crippen LogP contribution in [0.3, 0.4) is 0 Å². The quantitative estimate of drug-likeness (QED) is 0.639. The standard InChI is InChI=1S/C22H33N5O2S/c1-2-30-21-19(7-4-8-23-21)22(29)27-11-9-24(10-12-27)17-20(28)26-15-13-25(14-16-26)18-5-3-6-18/h4,7-8,18H,2-3,5-6,9-17H2,1H3. The Morgan fingerprint density at radius 1 is 1.03 bits per heavy atom. The number of piperazine rings is 2. The minimum absolute atomic E-state index is 0.0529. The Balaban J connectivity index is 1.23. The predicted molar refractivity (Wildman–Crippen MR) is 119 cm³/mol. The van der Waals surface area contributed by atoms with E-state index >= 15 is 0 Å². The van der Waals surface area contributed by atoms with E-state index < -0.39 is 0 Å². The van der Waals surface area contributed by atoms with Crippen molar-refractivity contribution in [3.05, 3.63) is 23.9 Å². The molecule has 2 saturated heterocycles. The SMILES string of the molecule is CCSc1ncccc1C(=O)N1CCN(CC(=O)N2CCN(C3CCC3)CC2)CC1. The van der Waals surface area contributed by atoms with Gasteiger partial charge in [0.05, 0.1) is 12.1 Å². The highest BCUT2D eigenvalue weighted by atomic mass is 32.2. The fraction of sp³-hybridized carbons (Fsp3) is 0.682. The van der Waals surface area contributed by atoms with Crippen molar-refractivity contribution in [1.82, 2.24) is 24.6 Å². The molecule has 0 N–H and O–H groups in total. The van der Waals surface area contributed by atoms with Gasteiger partial charge in [-0.3, -0.25) is 19.4 Å². The number of rotatable bonds is 6. The number of nitrogens with zero attached hydrogens (tertiary/aromatic N) is 5. The maximum Gasteiger partial charge on any atom is 0.256 e. The lowest BCUT2D eigenvalue weighted by atomic mass is 9.91. The summed E-state index contributed by atoms with van der Waals surface area (Å²) in [6.07, 6.45) is 5.76. The normalized spacial score (nSPS) is 21.5. The molecule has 2 amide bonds. The van der Waals surface area contributed by atoms with Crippen LogP contribution in [0.5, 0.6) is 0 Å². The molecule has 164 valence electrons. The van der Waals surface area contributed by atoms with E-state index in [1.165, 1.54) is 19.3 Å². The molecule has 0 aromatic carbocycles. The molecule has 2 aliphatic heterocycles. The summed E-state index contributed by atoms with van der Waals surface area (Å²) in [5.74, 6) is 1.18. The van der Waals surface area contributed by atoms with Gasteiger partial charge in [0, 0.05) is 64.6 Å². The molecule has 0 radical (unpaired) electrons. The summed E-state index contributed by atoms with van der Waals surface area (Å²) in [5.41, 5.74) is 0.693. The van der Waals surface area contributed by atoms with Gasteiger partial charge in [0.25, 0.3) is 5.91 Å². The highest BCUT2D eigenvalue weighted by Crippen LogP contribution is 2.25.